The van der Waals surface area contributed by atoms with Crippen molar-refractivity contribution >= 4 is 21.6 Å². The predicted molar refractivity (Wildman–Crippen MR) is 93.8 cm³/mol. The molecular weight excluding hydrogens is 326 g/mol. The van der Waals surface area contributed by atoms with Crippen molar-refractivity contribution in [1.29, 1.82) is 0 Å². The molecule has 0 bridgehead atoms. The Morgan fingerprint density at radius 3 is 2.25 bits per heavy atom. The second-order valence-electron chi connectivity index (χ2n) is 5.23. The molecule has 0 aliphatic rings. The van der Waals surface area contributed by atoms with Crippen molar-refractivity contribution in [2.24, 2.45) is 0 Å². The first-order valence-electron chi connectivity index (χ1n) is 7.78. The van der Waals surface area contributed by atoms with E-state index in [1.807, 2.05) is 6.92 Å². The van der Waals surface area contributed by atoms with Gasteiger partial charge in [-0.1, -0.05) is 36.8 Å². The molecule has 5 nitrogen and oxygen atoms in total. The second kappa shape index (κ2) is 7.49. The van der Waals surface area contributed by atoms with Crippen LogP contribution in [-0.4, -0.2) is 20.9 Å². The van der Waals surface area contributed by atoms with Crippen molar-refractivity contribution in [2.75, 3.05) is 10.9 Å². The van der Waals surface area contributed by atoms with E-state index in [1.165, 1.54) is 12.1 Å². The quantitative estimate of drug-likeness (QED) is 0.802. The molecule has 0 saturated heterocycles. The Bertz CT molecular complexity index is 813. The van der Waals surface area contributed by atoms with Crippen LogP contribution >= 0.6 is 0 Å². The van der Waals surface area contributed by atoms with Gasteiger partial charge in [-0.3, -0.25) is 4.79 Å². The lowest BCUT2D eigenvalue weighted by molar-refractivity contribution is -0.117. The van der Waals surface area contributed by atoms with Gasteiger partial charge in [-0.2, -0.15) is 4.31 Å². The molecule has 2 aromatic carbocycles. The number of hydrogen-bond acceptors (Lipinski definition) is 4. The average Bonchev–Trinajstić information content (AvgIpc) is 2.57. The van der Waals surface area contributed by atoms with Crippen LogP contribution in [0.2, 0.25) is 0 Å². The summed E-state index contributed by atoms with van der Waals surface area (Å²) in [6, 6.07) is 13.1. The molecule has 0 aliphatic carbocycles. The van der Waals surface area contributed by atoms with Crippen LogP contribution in [0.3, 0.4) is 0 Å². The van der Waals surface area contributed by atoms with Crippen molar-refractivity contribution in [3.8, 4) is 5.75 Å². The minimum Gasteiger partial charge on any atom is -0.492 e. The Labute approximate surface area is 142 Å². The van der Waals surface area contributed by atoms with E-state index in [4.69, 9.17) is 4.74 Å². The van der Waals surface area contributed by atoms with Gasteiger partial charge in [-0.15, -0.1) is 0 Å². The number of nitrogens with zero attached hydrogens (tertiary/aromatic N) is 1. The molecule has 24 heavy (non-hydrogen) atoms. The van der Waals surface area contributed by atoms with Gasteiger partial charge < -0.3 is 4.74 Å². The first-order valence-corrected chi connectivity index (χ1v) is 9.22. The van der Waals surface area contributed by atoms with Crippen molar-refractivity contribution in [1.82, 2.24) is 0 Å². The number of sulfonamides is 1. The summed E-state index contributed by atoms with van der Waals surface area (Å²) in [5.74, 6) is -0.153. The Kier molecular flexibility index (Phi) is 5.62. The highest BCUT2D eigenvalue weighted by atomic mass is 32.2. The molecule has 0 heterocycles. The first-order chi connectivity index (χ1) is 11.4. The fourth-order valence-corrected chi connectivity index (χ4v) is 3.76. The van der Waals surface area contributed by atoms with E-state index in [2.05, 4.69) is 0 Å². The van der Waals surface area contributed by atoms with Crippen LogP contribution in [0.25, 0.3) is 0 Å². The summed E-state index contributed by atoms with van der Waals surface area (Å²) in [7, 11) is -4.02. The molecule has 0 radical (unpaired) electrons. The van der Waals surface area contributed by atoms with E-state index in [9.17, 15) is 13.2 Å². The summed E-state index contributed by atoms with van der Waals surface area (Å²) in [4.78, 5) is 12.5. The highest BCUT2D eigenvalue weighted by molar-refractivity contribution is 7.93. The summed E-state index contributed by atoms with van der Waals surface area (Å²) >= 11 is 0. The van der Waals surface area contributed by atoms with Gasteiger partial charge in [-0.25, -0.2) is 8.42 Å². The number of rotatable bonds is 6. The van der Waals surface area contributed by atoms with Gasteiger partial charge in [0, 0.05) is 6.42 Å². The van der Waals surface area contributed by atoms with Crippen LogP contribution in [-0.2, 0) is 14.8 Å². The number of hydrogen-bond donors (Lipinski definition) is 0. The zero-order chi connectivity index (χ0) is 17.7. The monoisotopic (exact) mass is 347 g/mol. The third-order valence-corrected chi connectivity index (χ3v) is 5.22. The summed E-state index contributed by atoms with van der Waals surface area (Å²) < 4.78 is 32.4. The lowest BCUT2D eigenvalue weighted by Crippen LogP contribution is -2.36. The molecule has 0 fully saturated rings. The lowest BCUT2D eigenvalue weighted by atomic mass is 10.2. The highest BCUT2D eigenvalue weighted by Crippen LogP contribution is 2.33. The van der Waals surface area contributed by atoms with E-state index in [0.717, 1.165) is 9.87 Å². The van der Waals surface area contributed by atoms with Gasteiger partial charge in [0.2, 0.25) is 5.91 Å². The number of benzene rings is 2. The van der Waals surface area contributed by atoms with Crippen LogP contribution in [0.5, 0.6) is 5.75 Å². The fraction of sp³-hybridized carbons (Fsp3) is 0.278. The molecule has 1 amide bonds. The largest absolute Gasteiger partial charge is 0.492 e. The molecule has 128 valence electrons. The van der Waals surface area contributed by atoms with Crippen molar-refractivity contribution in [3.63, 3.8) is 0 Å². The first kappa shape index (κ1) is 18.0. The predicted octanol–water partition coefficient (Wildman–Crippen LogP) is 3.53. The van der Waals surface area contributed by atoms with E-state index >= 15 is 0 Å². The van der Waals surface area contributed by atoms with Gasteiger partial charge >= 0.3 is 0 Å². The smallest absolute Gasteiger partial charge is 0.271 e. The van der Waals surface area contributed by atoms with Gasteiger partial charge in [0.1, 0.15) is 11.4 Å². The van der Waals surface area contributed by atoms with E-state index < -0.39 is 15.9 Å². The third-order valence-electron chi connectivity index (χ3n) is 3.47. The van der Waals surface area contributed by atoms with Crippen LogP contribution in [0.4, 0.5) is 5.69 Å². The van der Waals surface area contributed by atoms with Crippen LogP contribution in [0.1, 0.15) is 25.8 Å². The molecule has 0 aliphatic heterocycles. The SMILES string of the molecule is CCOc1ccccc1N(C(=O)CC)S(=O)(=O)c1ccc(C)cc1. The van der Waals surface area contributed by atoms with Gasteiger partial charge in [-0.05, 0) is 38.1 Å². The molecule has 0 unspecified atom stereocenters. The Morgan fingerprint density at radius 1 is 1.04 bits per heavy atom. The Hall–Kier alpha value is -2.34. The molecule has 0 atom stereocenters. The molecule has 2 rings (SSSR count). The van der Waals surface area contributed by atoms with E-state index in [1.54, 1.807) is 50.2 Å². The number of anilines is 1. The molecule has 0 saturated carbocycles. The summed E-state index contributed by atoms with van der Waals surface area (Å²) in [5, 5.41) is 0. The minimum absolute atomic E-state index is 0.0611. The van der Waals surface area contributed by atoms with Crippen molar-refractivity contribution in [2.45, 2.75) is 32.1 Å². The van der Waals surface area contributed by atoms with Crippen LogP contribution < -0.4 is 9.04 Å². The summed E-state index contributed by atoms with van der Waals surface area (Å²) in [6.45, 7) is 5.67. The number of amides is 1. The molecule has 6 heteroatoms. The second-order valence-corrected chi connectivity index (χ2v) is 7.02. The van der Waals surface area contributed by atoms with E-state index in [0.29, 0.717) is 12.4 Å². The fourth-order valence-electron chi connectivity index (χ4n) is 2.26. The third kappa shape index (κ3) is 3.59. The maximum absolute atomic E-state index is 13.1. The minimum atomic E-state index is -4.02. The summed E-state index contributed by atoms with van der Waals surface area (Å²) in [5.41, 5.74) is 1.17. The maximum atomic E-state index is 13.1. The Morgan fingerprint density at radius 2 is 1.67 bits per heavy atom. The molecule has 0 spiro atoms. The zero-order valence-corrected chi connectivity index (χ0v) is 14.8. The number of carbonyl (C=O) groups excluding carboxylic acids is 1. The zero-order valence-electron chi connectivity index (χ0n) is 14.0. The van der Waals surface area contributed by atoms with Crippen LogP contribution in [0, 0.1) is 6.92 Å². The van der Waals surface area contributed by atoms with Crippen LogP contribution in [0.15, 0.2) is 53.4 Å². The topological polar surface area (TPSA) is 63.7 Å². The molecule has 0 N–H and O–H groups in total. The summed E-state index contributed by atoms with van der Waals surface area (Å²) in [6.07, 6.45) is 0.0611. The molecule has 2 aromatic rings. The van der Waals surface area contributed by atoms with E-state index in [-0.39, 0.29) is 17.0 Å². The lowest BCUT2D eigenvalue weighted by Gasteiger charge is -2.24. The number of carbonyl (C=O) groups is 1. The van der Waals surface area contributed by atoms with Crippen molar-refractivity contribution in [3.05, 3.63) is 54.1 Å². The van der Waals surface area contributed by atoms with Gasteiger partial charge in [0.05, 0.1) is 11.5 Å². The van der Waals surface area contributed by atoms with Gasteiger partial charge in [0.25, 0.3) is 10.0 Å². The van der Waals surface area contributed by atoms with Gasteiger partial charge in [0.15, 0.2) is 0 Å². The highest BCUT2D eigenvalue weighted by Gasteiger charge is 2.32. The molecular formula is C18H21NO4S. The maximum Gasteiger partial charge on any atom is 0.271 e. The average molecular weight is 347 g/mol. The number of aryl methyl sites for hydroxylation is 1. The van der Waals surface area contributed by atoms with Crippen molar-refractivity contribution < 1.29 is 17.9 Å². The standard InChI is InChI=1S/C18H21NO4S/c1-4-18(20)19(16-8-6-7-9-17(16)23-5-2)24(21,22)15-12-10-14(3)11-13-15/h6-13H,4-5H2,1-3H3. The number of para-hydroxylation sites is 2. The number of ether oxygens (including phenoxy) is 1. The normalized spacial score (nSPS) is 11.1. The Balaban J connectivity index is 2.62. The molecule has 0 aromatic heterocycles.